The van der Waals surface area contributed by atoms with Gasteiger partial charge < -0.3 is 9.84 Å². The summed E-state index contributed by atoms with van der Waals surface area (Å²) in [6.07, 6.45) is 7.71. The fraction of sp³-hybridized carbons (Fsp3) is 1.00. The molecule has 1 N–H and O–H groups in total. The summed E-state index contributed by atoms with van der Waals surface area (Å²) in [5.41, 5.74) is 0. The highest BCUT2D eigenvalue weighted by molar-refractivity contribution is 4.85. The molecule has 1 saturated heterocycles. The van der Waals surface area contributed by atoms with Gasteiger partial charge in [0, 0.05) is 5.92 Å². The van der Waals surface area contributed by atoms with Crippen LogP contribution in [0.1, 0.15) is 52.4 Å². The van der Waals surface area contributed by atoms with Gasteiger partial charge in [-0.1, -0.05) is 26.2 Å². The van der Waals surface area contributed by atoms with E-state index in [0.717, 1.165) is 18.9 Å². The van der Waals surface area contributed by atoms with Gasteiger partial charge in [0.2, 0.25) is 0 Å². The van der Waals surface area contributed by atoms with Crippen LogP contribution in [0.3, 0.4) is 0 Å². The van der Waals surface area contributed by atoms with E-state index in [4.69, 9.17) is 4.74 Å². The molecule has 1 aliphatic carbocycles. The summed E-state index contributed by atoms with van der Waals surface area (Å²) in [4.78, 5) is 0. The molecule has 2 heteroatoms. The molecule has 2 aliphatic rings. The zero-order valence-corrected chi connectivity index (χ0v) is 10.7. The topological polar surface area (TPSA) is 29.5 Å². The molecule has 0 aromatic rings. The number of rotatable bonds is 3. The number of aliphatic hydroxyl groups is 1. The van der Waals surface area contributed by atoms with Crippen LogP contribution in [0.5, 0.6) is 0 Å². The second kappa shape index (κ2) is 5.50. The number of aliphatic hydroxyl groups excluding tert-OH is 1. The van der Waals surface area contributed by atoms with Crippen LogP contribution in [-0.4, -0.2) is 23.9 Å². The molecule has 0 radical (unpaired) electrons. The zero-order chi connectivity index (χ0) is 11.5. The molecule has 2 fully saturated rings. The lowest BCUT2D eigenvalue weighted by atomic mass is 9.74. The molecule has 2 nitrogen and oxygen atoms in total. The van der Waals surface area contributed by atoms with Gasteiger partial charge in [0.15, 0.2) is 0 Å². The first-order chi connectivity index (χ1) is 7.70. The molecule has 5 unspecified atom stereocenters. The van der Waals surface area contributed by atoms with E-state index >= 15 is 0 Å². The number of ether oxygens (including phenoxy) is 1. The lowest BCUT2D eigenvalue weighted by Gasteiger charge is -2.34. The van der Waals surface area contributed by atoms with Crippen molar-refractivity contribution in [1.82, 2.24) is 0 Å². The van der Waals surface area contributed by atoms with Crippen molar-refractivity contribution < 1.29 is 9.84 Å². The predicted molar refractivity (Wildman–Crippen MR) is 65.3 cm³/mol. The van der Waals surface area contributed by atoms with Crippen molar-refractivity contribution in [3.8, 4) is 0 Å². The Morgan fingerprint density at radius 3 is 2.69 bits per heavy atom. The molecule has 0 aromatic carbocycles. The molecular formula is C14H26O2. The van der Waals surface area contributed by atoms with Crippen molar-refractivity contribution >= 4 is 0 Å². The first kappa shape index (κ1) is 12.4. The fourth-order valence-electron chi connectivity index (χ4n) is 3.49. The average Bonchev–Trinajstić information content (AvgIpc) is 2.75. The van der Waals surface area contributed by atoms with E-state index in [9.17, 15) is 5.11 Å². The summed E-state index contributed by atoms with van der Waals surface area (Å²) in [5, 5.41) is 10.4. The van der Waals surface area contributed by atoms with E-state index in [2.05, 4.69) is 13.8 Å². The van der Waals surface area contributed by atoms with Gasteiger partial charge in [0.05, 0.1) is 18.8 Å². The van der Waals surface area contributed by atoms with Crippen LogP contribution < -0.4 is 0 Å². The molecule has 2 rings (SSSR count). The van der Waals surface area contributed by atoms with Crippen molar-refractivity contribution in [2.45, 2.75) is 64.6 Å². The Bertz CT molecular complexity index is 217. The second-order valence-electron chi connectivity index (χ2n) is 5.83. The molecule has 16 heavy (non-hydrogen) atoms. The van der Waals surface area contributed by atoms with Crippen molar-refractivity contribution in [1.29, 1.82) is 0 Å². The zero-order valence-electron chi connectivity index (χ0n) is 10.7. The van der Waals surface area contributed by atoms with Gasteiger partial charge in [-0.15, -0.1) is 0 Å². The van der Waals surface area contributed by atoms with Gasteiger partial charge in [0.1, 0.15) is 0 Å². The number of hydrogen-bond donors (Lipinski definition) is 1. The van der Waals surface area contributed by atoms with Crippen LogP contribution in [0.15, 0.2) is 0 Å². The maximum Gasteiger partial charge on any atom is 0.0619 e. The molecule has 0 bridgehead atoms. The van der Waals surface area contributed by atoms with Crippen molar-refractivity contribution in [2.75, 3.05) is 6.61 Å². The predicted octanol–water partition coefficient (Wildman–Crippen LogP) is 2.99. The summed E-state index contributed by atoms with van der Waals surface area (Å²) in [6, 6.07) is 0. The monoisotopic (exact) mass is 226 g/mol. The van der Waals surface area contributed by atoms with Gasteiger partial charge in [-0.05, 0) is 38.0 Å². The highest BCUT2D eigenvalue weighted by Crippen LogP contribution is 2.37. The van der Waals surface area contributed by atoms with Crippen LogP contribution in [0.25, 0.3) is 0 Å². The Kier molecular flexibility index (Phi) is 4.26. The number of hydrogen-bond acceptors (Lipinski definition) is 2. The molecule has 0 aromatic heterocycles. The van der Waals surface area contributed by atoms with Gasteiger partial charge >= 0.3 is 0 Å². The van der Waals surface area contributed by atoms with Gasteiger partial charge in [-0.2, -0.15) is 0 Å². The Balaban J connectivity index is 1.86. The van der Waals surface area contributed by atoms with Crippen molar-refractivity contribution in [3.63, 3.8) is 0 Å². The van der Waals surface area contributed by atoms with E-state index in [1.807, 2.05) is 0 Å². The fourth-order valence-corrected chi connectivity index (χ4v) is 3.49. The maximum atomic E-state index is 10.4. The third-order valence-corrected chi connectivity index (χ3v) is 4.60. The standard InChI is InChI=1S/C14H26O2/c1-3-11-5-4-6-12(8-11)14(15)13-7-10(2)16-9-13/h10-15H,3-9H2,1-2H3. The summed E-state index contributed by atoms with van der Waals surface area (Å²) in [5.74, 6) is 1.79. The molecule has 0 amide bonds. The largest absolute Gasteiger partial charge is 0.392 e. The van der Waals surface area contributed by atoms with Gasteiger partial charge in [-0.3, -0.25) is 0 Å². The SMILES string of the molecule is CCC1CCCC(C(O)C2COC(C)C2)C1. The first-order valence-electron chi connectivity index (χ1n) is 7.00. The van der Waals surface area contributed by atoms with Gasteiger partial charge in [-0.25, -0.2) is 0 Å². The van der Waals surface area contributed by atoms with E-state index in [-0.39, 0.29) is 6.10 Å². The summed E-state index contributed by atoms with van der Waals surface area (Å²) < 4.78 is 5.57. The normalized spacial score (nSPS) is 42.2. The Morgan fingerprint density at radius 2 is 2.06 bits per heavy atom. The summed E-state index contributed by atoms with van der Waals surface area (Å²) in [6.45, 7) is 5.16. The maximum absolute atomic E-state index is 10.4. The minimum atomic E-state index is -0.112. The van der Waals surface area contributed by atoms with E-state index in [1.165, 1.54) is 32.1 Å². The van der Waals surface area contributed by atoms with Crippen LogP contribution in [0.2, 0.25) is 0 Å². The van der Waals surface area contributed by atoms with Crippen LogP contribution >= 0.6 is 0 Å². The quantitative estimate of drug-likeness (QED) is 0.801. The van der Waals surface area contributed by atoms with E-state index < -0.39 is 0 Å². The smallest absolute Gasteiger partial charge is 0.0619 e. The second-order valence-corrected chi connectivity index (χ2v) is 5.83. The van der Waals surface area contributed by atoms with Crippen LogP contribution in [0, 0.1) is 17.8 Å². The molecular weight excluding hydrogens is 200 g/mol. The minimum absolute atomic E-state index is 0.112. The summed E-state index contributed by atoms with van der Waals surface area (Å²) in [7, 11) is 0. The Morgan fingerprint density at radius 1 is 1.25 bits per heavy atom. The lowest BCUT2D eigenvalue weighted by Crippen LogP contribution is -2.33. The lowest BCUT2D eigenvalue weighted by molar-refractivity contribution is 0.0163. The summed E-state index contributed by atoms with van der Waals surface area (Å²) >= 11 is 0. The van der Waals surface area contributed by atoms with E-state index in [1.54, 1.807) is 0 Å². The average molecular weight is 226 g/mol. The van der Waals surface area contributed by atoms with Gasteiger partial charge in [0.25, 0.3) is 0 Å². The highest BCUT2D eigenvalue weighted by atomic mass is 16.5. The molecule has 5 atom stereocenters. The third kappa shape index (κ3) is 2.78. The van der Waals surface area contributed by atoms with Crippen LogP contribution in [0.4, 0.5) is 0 Å². The highest BCUT2D eigenvalue weighted by Gasteiger charge is 2.35. The molecule has 0 spiro atoms. The van der Waals surface area contributed by atoms with Crippen molar-refractivity contribution in [3.05, 3.63) is 0 Å². The third-order valence-electron chi connectivity index (χ3n) is 4.60. The first-order valence-corrected chi connectivity index (χ1v) is 7.00. The minimum Gasteiger partial charge on any atom is -0.392 e. The Labute approximate surface area is 99.4 Å². The molecule has 1 heterocycles. The molecule has 1 aliphatic heterocycles. The molecule has 1 saturated carbocycles. The molecule has 94 valence electrons. The van der Waals surface area contributed by atoms with Crippen LogP contribution in [-0.2, 0) is 4.74 Å². The van der Waals surface area contributed by atoms with Crippen molar-refractivity contribution in [2.24, 2.45) is 17.8 Å². The Hall–Kier alpha value is -0.0800. The van der Waals surface area contributed by atoms with E-state index in [0.29, 0.717) is 17.9 Å².